The molecule has 0 fully saturated rings. The summed E-state index contributed by atoms with van der Waals surface area (Å²) in [5, 5.41) is 0. The summed E-state index contributed by atoms with van der Waals surface area (Å²) in [6.07, 6.45) is -0.612. The Balaban J connectivity index is 2.13. The van der Waals surface area contributed by atoms with Gasteiger partial charge in [0.1, 0.15) is 0 Å². The first-order chi connectivity index (χ1) is 12.7. The normalized spacial score (nSPS) is 11.5. The van der Waals surface area contributed by atoms with Crippen LogP contribution < -0.4 is 0 Å². The molecular weight excluding hydrogens is 328 g/mol. The minimum atomic E-state index is -0.306. The third kappa shape index (κ3) is 5.64. The zero-order valence-corrected chi connectivity index (χ0v) is 16.2. The van der Waals surface area contributed by atoms with Gasteiger partial charge in [-0.1, -0.05) is 48.5 Å². The summed E-state index contributed by atoms with van der Waals surface area (Å²) in [7, 11) is 0. The molecule has 0 aliphatic carbocycles. The van der Waals surface area contributed by atoms with Crippen molar-refractivity contribution in [3.05, 3.63) is 59.7 Å². The van der Waals surface area contributed by atoms with Crippen LogP contribution in [0.1, 0.15) is 51.4 Å². The molecule has 4 heteroatoms. The summed E-state index contributed by atoms with van der Waals surface area (Å²) < 4.78 is 22.6. The Hall–Kier alpha value is -1.72. The standard InChI is InChI=1S/C22H30O4/c1-5-23-21(24-6-2)19-13-9-17(10-14-19)18-11-15-20(16-12-18)22(25-7-3)26-8-4/h9-16,21-22H,5-8H2,1-4H3. The van der Waals surface area contributed by atoms with E-state index in [0.29, 0.717) is 26.4 Å². The number of rotatable bonds is 11. The summed E-state index contributed by atoms with van der Waals surface area (Å²) in [5.41, 5.74) is 4.36. The highest BCUT2D eigenvalue weighted by atomic mass is 16.7. The van der Waals surface area contributed by atoms with Crippen LogP contribution in [0.5, 0.6) is 0 Å². The lowest BCUT2D eigenvalue weighted by atomic mass is 10.0. The summed E-state index contributed by atoms with van der Waals surface area (Å²) >= 11 is 0. The molecule has 0 spiro atoms. The van der Waals surface area contributed by atoms with Gasteiger partial charge in [0.2, 0.25) is 0 Å². The second-order valence-electron chi connectivity index (χ2n) is 5.73. The van der Waals surface area contributed by atoms with Crippen LogP contribution in [0.15, 0.2) is 48.5 Å². The molecule has 0 N–H and O–H groups in total. The Morgan fingerprint density at radius 1 is 0.500 bits per heavy atom. The van der Waals surface area contributed by atoms with Crippen LogP contribution in [0.4, 0.5) is 0 Å². The van der Waals surface area contributed by atoms with E-state index in [1.54, 1.807) is 0 Å². The fourth-order valence-electron chi connectivity index (χ4n) is 2.75. The van der Waals surface area contributed by atoms with Gasteiger partial charge in [-0.05, 0) is 38.8 Å². The minimum Gasteiger partial charge on any atom is -0.349 e. The molecule has 0 saturated carbocycles. The lowest BCUT2D eigenvalue weighted by Crippen LogP contribution is -2.09. The molecule has 2 aromatic carbocycles. The zero-order valence-electron chi connectivity index (χ0n) is 16.2. The monoisotopic (exact) mass is 358 g/mol. The lowest BCUT2D eigenvalue weighted by Gasteiger charge is -2.18. The largest absolute Gasteiger partial charge is 0.349 e. The van der Waals surface area contributed by atoms with Gasteiger partial charge in [0.15, 0.2) is 12.6 Å². The molecule has 142 valence electrons. The predicted molar refractivity (Wildman–Crippen MR) is 104 cm³/mol. The molecule has 0 bridgehead atoms. The van der Waals surface area contributed by atoms with Gasteiger partial charge in [-0.2, -0.15) is 0 Å². The zero-order chi connectivity index (χ0) is 18.8. The van der Waals surface area contributed by atoms with Crippen molar-refractivity contribution in [3.63, 3.8) is 0 Å². The van der Waals surface area contributed by atoms with Gasteiger partial charge in [-0.25, -0.2) is 0 Å². The molecule has 0 aliphatic rings. The molecule has 2 aromatic rings. The molecule has 0 heterocycles. The second kappa shape index (κ2) is 11.1. The maximum absolute atomic E-state index is 5.65. The maximum atomic E-state index is 5.65. The highest BCUT2D eigenvalue weighted by molar-refractivity contribution is 5.64. The van der Waals surface area contributed by atoms with Gasteiger partial charge in [-0.3, -0.25) is 0 Å². The van der Waals surface area contributed by atoms with E-state index in [9.17, 15) is 0 Å². The van der Waals surface area contributed by atoms with E-state index in [1.165, 1.54) is 0 Å². The Bertz CT molecular complexity index is 552. The van der Waals surface area contributed by atoms with E-state index in [2.05, 4.69) is 48.5 Å². The highest BCUT2D eigenvalue weighted by Gasteiger charge is 2.13. The molecule has 4 nitrogen and oxygen atoms in total. The van der Waals surface area contributed by atoms with Crippen molar-refractivity contribution in [3.8, 4) is 11.1 Å². The predicted octanol–water partition coefficient (Wildman–Crippen LogP) is 5.50. The van der Waals surface area contributed by atoms with Gasteiger partial charge in [-0.15, -0.1) is 0 Å². The molecule has 0 unspecified atom stereocenters. The van der Waals surface area contributed by atoms with Crippen LogP contribution in [0.2, 0.25) is 0 Å². The molecule has 0 aromatic heterocycles. The Morgan fingerprint density at radius 3 is 1.00 bits per heavy atom. The van der Waals surface area contributed by atoms with Gasteiger partial charge in [0.25, 0.3) is 0 Å². The molecule has 2 rings (SSSR count). The van der Waals surface area contributed by atoms with Crippen molar-refractivity contribution in [2.24, 2.45) is 0 Å². The summed E-state index contributed by atoms with van der Waals surface area (Å²) in [6, 6.07) is 16.6. The second-order valence-corrected chi connectivity index (χ2v) is 5.73. The number of ether oxygens (including phenoxy) is 4. The highest BCUT2D eigenvalue weighted by Crippen LogP contribution is 2.27. The van der Waals surface area contributed by atoms with Crippen LogP contribution in [0.3, 0.4) is 0 Å². The molecule has 0 aliphatic heterocycles. The smallest absolute Gasteiger partial charge is 0.183 e. The van der Waals surface area contributed by atoms with Crippen LogP contribution in [-0.4, -0.2) is 26.4 Å². The number of hydrogen-bond acceptors (Lipinski definition) is 4. The van der Waals surface area contributed by atoms with Crippen LogP contribution in [0.25, 0.3) is 11.1 Å². The third-order valence-electron chi connectivity index (χ3n) is 3.97. The fraction of sp³-hybridized carbons (Fsp3) is 0.455. The molecular formula is C22H30O4. The van der Waals surface area contributed by atoms with Crippen molar-refractivity contribution in [1.29, 1.82) is 0 Å². The van der Waals surface area contributed by atoms with E-state index >= 15 is 0 Å². The van der Waals surface area contributed by atoms with Crippen molar-refractivity contribution < 1.29 is 18.9 Å². The molecule has 0 saturated heterocycles. The maximum Gasteiger partial charge on any atom is 0.183 e. The Kier molecular flexibility index (Phi) is 8.78. The van der Waals surface area contributed by atoms with Crippen molar-refractivity contribution in [2.75, 3.05) is 26.4 Å². The van der Waals surface area contributed by atoms with Crippen LogP contribution in [-0.2, 0) is 18.9 Å². The van der Waals surface area contributed by atoms with E-state index in [-0.39, 0.29) is 12.6 Å². The first-order valence-electron chi connectivity index (χ1n) is 9.40. The minimum absolute atomic E-state index is 0.306. The van der Waals surface area contributed by atoms with Gasteiger partial charge in [0, 0.05) is 37.6 Å². The van der Waals surface area contributed by atoms with Crippen molar-refractivity contribution in [1.82, 2.24) is 0 Å². The summed E-state index contributed by atoms with van der Waals surface area (Å²) in [4.78, 5) is 0. The van der Waals surface area contributed by atoms with E-state index in [0.717, 1.165) is 22.3 Å². The Morgan fingerprint density at radius 2 is 0.769 bits per heavy atom. The van der Waals surface area contributed by atoms with Crippen molar-refractivity contribution >= 4 is 0 Å². The topological polar surface area (TPSA) is 36.9 Å². The first kappa shape index (κ1) is 20.6. The van der Waals surface area contributed by atoms with E-state index < -0.39 is 0 Å². The summed E-state index contributed by atoms with van der Waals surface area (Å²) in [6.45, 7) is 10.4. The SMILES string of the molecule is CCOC(OCC)c1ccc(-c2ccc(C(OCC)OCC)cc2)cc1. The van der Waals surface area contributed by atoms with Crippen molar-refractivity contribution in [2.45, 2.75) is 40.3 Å². The summed E-state index contributed by atoms with van der Waals surface area (Å²) in [5.74, 6) is 0. The number of hydrogen-bond donors (Lipinski definition) is 0. The number of benzene rings is 2. The Labute approximate surface area is 157 Å². The van der Waals surface area contributed by atoms with Gasteiger partial charge < -0.3 is 18.9 Å². The molecule has 26 heavy (non-hydrogen) atoms. The molecule has 0 amide bonds. The van der Waals surface area contributed by atoms with Crippen LogP contribution in [0, 0.1) is 0 Å². The van der Waals surface area contributed by atoms with Crippen LogP contribution >= 0.6 is 0 Å². The van der Waals surface area contributed by atoms with E-state index in [4.69, 9.17) is 18.9 Å². The quantitative estimate of drug-likeness (QED) is 0.497. The fourth-order valence-corrected chi connectivity index (χ4v) is 2.75. The third-order valence-corrected chi connectivity index (χ3v) is 3.97. The average Bonchev–Trinajstić information content (AvgIpc) is 2.68. The van der Waals surface area contributed by atoms with E-state index in [1.807, 2.05) is 27.7 Å². The van der Waals surface area contributed by atoms with Gasteiger partial charge in [0.05, 0.1) is 0 Å². The molecule has 0 radical (unpaired) electrons. The first-order valence-corrected chi connectivity index (χ1v) is 9.40. The van der Waals surface area contributed by atoms with Gasteiger partial charge >= 0.3 is 0 Å². The lowest BCUT2D eigenvalue weighted by molar-refractivity contribution is -0.140. The molecule has 0 atom stereocenters. The average molecular weight is 358 g/mol.